The van der Waals surface area contributed by atoms with Gasteiger partial charge in [0.1, 0.15) is 0 Å². The third-order valence-electron chi connectivity index (χ3n) is 0.192. The number of hydrogen-bond donors (Lipinski definition) is 0. The Hall–Kier alpha value is 0.460. The van der Waals surface area contributed by atoms with Crippen LogP contribution in [-0.2, 0) is 9.13 Å². The fourth-order valence-corrected chi connectivity index (χ4v) is 0.354. The highest BCUT2D eigenvalue weighted by molar-refractivity contribution is 7.42. The highest BCUT2D eigenvalue weighted by Crippen LogP contribution is 2.00. The molecule has 0 radical (unpaired) electrons. The van der Waals surface area contributed by atoms with E-state index < -0.39 is 16.9 Å². The minimum atomic E-state index is -0.740. The summed E-state index contributed by atoms with van der Waals surface area (Å²) in [4.78, 5) is 0. The van der Waals surface area contributed by atoms with E-state index in [2.05, 4.69) is 0 Å². The van der Waals surface area contributed by atoms with E-state index in [0.29, 0.717) is 5.90 Å². The van der Waals surface area contributed by atoms with Crippen LogP contribution in [0.5, 0.6) is 0 Å². The van der Waals surface area contributed by atoms with Crippen LogP contribution in [0.25, 0.3) is 0 Å². The first-order valence-electron chi connectivity index (χ1n) is 1.29. The lowest BCUT2D eigenvalue weighted by atomic mass is 11.9. The van der Waals surface area contributed by atoms with E-state index in [4.69, 9.17) is 0 Å². The van der Waals surface area contributed by atoms with Crippen LogP contribution >= 0.6 is 16.9 Å². The van der Waals surface area contributed by atoms with Crippen molar-refractivity contribution in [3.63, 3.8) is 0 Å². The van der Waals surface area contributed by atoms with Gasteiger partial charge in [0.05, 0.1) is 16.9 Å². The molecule has 0 amide bonds. The third-order valence-corrected chi connectivity index (χ3v) is 1.73. The quantitative estimate of drug-likeness (QED) is 0.486. The molecule has 5 heavy (non-hydrogen) atoms. The van der Waals surface area contributed by atoms with Crippen molar-refractivity contribution in [1.29, 1.82) is 0 Å². The van der Waals surface area contributed by atoms with E-state index in [1.807, 2.05) is 0 Å². The minimum Gasteiger partial charge on any atom is -0.330 e. The molecule has 0 N–H and O–H groups in total. The van der Waals surface area contributed by atoms with Crippen LogP contribution in [0, 0.1) is 0 Å². The molecule has 2 atom stereocenters. The molecule has 2 unspecified atom stereocenters. The second-order valence-electron chi connectivity index (χ2n) is 0.569. The summed E-state index contributed by atoms with van der Waals surface area (Å²) in [5.41, 5.74) is 0. The molecule has 0 aromatic carbocycles. The van der Waals surface area contributed by atoms with E-state index in [-0.39, 0.29) is 0 Å². The third kappa shape index (κ3) is 4.46. The molecule has 0 heterocycles. The van der Waals surface area contributed by atoms with Gasteiger partial charge in [0.25, 0.3) is 0 Å². The lowest BCUT2D eigenvalue weighted by molar-refractivity contribution is 0.595. The normalized spacial score (nSPS) is 12.8. The summed E-state index contributed by atoms with van der Waals surface area (Å²) >= 11 is 0. The Morgan fingerprint density at radius 3 is 1.60 bits per heavy atom. The molecular formula is CH6O2P2. The summed E-state index contributed by atoms with van der Waals surface area (Å²) in [5.74, 6) is 0.444. The molecule has 2 nitrogen and oxygen atoms in total. The smallest absolute Gasteiger partial charge is 0.0711 e. The molecule has 0 aromatic heterocycles. The Morgan fingerprint density at radius 2 is 1.60 bits per heavy atom. The zero-order valence-electron chi connectivity index (χ0n) is 2.68. The first kappa shape index (κ1) is 5.46. The van der Waals surface area contributed by atoms with Crippen molar-refractivity contribution in [3.8, 4) is 0 Å². The van der Waals surface area contributed by atoms with Crippen molar-refractivity contribution in [2.24, 2.45) is 0 Å². The van der Waals surface area contributed by atoms with Crippen molar-refractivity contribution >= 4 is 16.9 Å². The first-order chi connectivity index (χ1) is 2.41. The minimum absolute atomic E-state index is 0.444. The predicted octanol–water partition coefficient (Wildman–Crippen LogP) is 0.456. The molecule has 4 heteroatoms. The summed E-state index contributed by atoms with van der Waals surface area (Å²) in [6.45, 7) is 0. The van der Waals surface area contributed by atoms with Crippen LogP contribution in [0.2, 0.25) is 0 Å². The molecule has 0 aliphatic rings. The predicted molar refractivity (Wildman–Crippen MR) is 25.7 cm³/mol. The average molecular weight is 112 g/mol. The van der Waals surface area contributed by atoms with Crippen LogP contribution in [0.4, 0.5) is 0 Å². The maximum atomic E-state index is 9.43. The lowest BCUT2D eigenvalue weighted by Gasteiger charge is -1.57. The van der Waals surface area contributed by atoms with Crippen molar-refractivity contribution < 1.29 is 9.13 Å². The standard InChI is InChI=1S/CH6O2P2/c2-4-1-5-3/h1,4-5H2. The van der Waals surface area contributed by atoms with Crippen molar-refractivity contribution in [2.45, 2.75) is 0 Å². The van der Waals surface area contributed by atoms with Gasteiger partial charge in [0.15, 0.2) is 0 Å². The van der Waals surface area contributed by atoms with Crippen LogP contribution in [-0.4, -0.2) is 5.90 Å². The summed E-state index contributed by atoms with van der Waals surface area (Å²) < 4.78 is 18.9. The fraction of sp³-hybridized carbons (Fsp3) is 1.00. The van der Waals surface area contributed by atoms with Crippen molar-refractivity contribution in [1.82, 2.24) is 0 Å². The molecule has 0 saturated carbocycles. The Bertz CT molecular complexity index is 36.9. The van der Waals surface area contributed by atoms with E-state index in [1.165, 1.54) is 0 Å². The summed E-state index contributed by atoms with van der Waals surface area (Å²) in [6, 6.07) is 0. The zero-order chi connectivity index (χ0) is 4.12. The molecule has 32 valence electrons. The van der Waals surface area contributed by atoms with E-state index in [9.17, 15) is 9.13 Å². The van der Waals surface area contributed by atoms with Gasteiger partial charge >= 0.3 is 0 Å². The zero-order valence-corrected chi connectivity index (χ0v) is 4.99. The molecule has 0 rings (SSSR count). The molecule has 0 aromatic rings. The second kappa shape index (κ2) is 4.46. The molecular weight excluding hydrogens is 106 g/mol. The lowest BCUT2D eigenvalue weighted by Crippen LogP contribution is -1.33. The van der Waals surface area contributed by atoms with Gasteiger partial charge in [-0.15, -0.1) is 0 Å². The number of rotatable bonds is 2. The van der Waals surface area contributed by atoms with Crippen LogP contribution in [0.1, 0.15) is 0 Å². The van der Waals surface area contributed by atoms with Gasteiger partial charge in [-0.1, -0.05) is 0 Å². The van der Waals surface area contributed by atoms with E-state index >= 15 is 0 Å². The molecule has 0 aliphatic carbocycles. The van der Waals surface area contributed by atoms with Gasteiger partial charge in [-0.05, 0) is 0 Å². The van der Waals surface area contributed by atoms with Gasteiger partial charge in [-0.25, -0.2) is 0 Å². The Balaban J connectivity index is 2.65. The largest absolute Gasteiger partial charge is 0.330 e. The monoisotopic (exact) mass is 112 g/mol. The summed E-state index contributed by atoms with van der Waals surface area (Å²) in [7, 11) is -1.48. The van der Waals surface area contributed by atoms with Gasteiger partial charge in [0, 0.05) is 5.90 Å². The van der Waals surface area contributed by atoms with Crippen LogP contribution in [0.15, 0.2) is 0 Å². The highest BCUT2D eigenvalue weighted by Gasteiger charge is 1.61. The number of hydrogen-bond acceptors (Lipinski definition) is 2. The maximum absolute atomic E-state index is 9.43. The molecule has 0 aliphatic heterocycles. The molecule has 0 fully saturated rings. The summed E-state index contributed by atoms with van der Waals surface area (Å²) in [5, 5.41) is 0. The first-order valence-corrected chi connectivity index (χ1v) is 3.86. The molecule has 0 saturated heterocycles. The Labute approximate surface area is 33.0 Å². The van der Waals surface area contributed by atoms with Gasteiger partial charge in [0.2, 0.25) is 0 Å². The Kier molecular flexibility index (Phi) is 4.87. The van der Waals surface area contributed by atoms with Gasteiger partial charge in [-0.2, -0.15) is 0 Å². The average Bonchev–Trinajstić information content (AvgIpc) is 1.41. The fourth-order valence-electron chi connectivity index (χ4n) is 0.0393. The van der Waals surface area contributed by atoms with Crippen LogP contribution in [0.3, 0.4) is 0 Å². The topological polar surface area (TPSA) is 34.1 Å². The SMILES string of the molecule is O=[PH2]C[PH2]=O. The van der Waals surface area contributed by atoms with Gasteiger partial charge in [-0.3, -0.25) is 0 Å². The Morgan fingerprint density at radius 1 is 1.20 bits per heavy atom. The van der Waals surface area contributed by atoms with E-state index in [1.54, 1.807) is 0 Å². The van der Waals surface area contributed by atoms with Crippen LogP contribution < -0.4 is 0 Å². The van der Waals surface area contributed by atoms with E-state index in [0.717, 1.165) is 0 Å². The highest BCUT2D eigenvalue weighted by atomic mass is 31.1. The maximum Gasteiger partial charge on any atom is 0.0711 e. The second-order valence-corrected chi connectivity index (χ2v) is 3.12. The molecule has 0 bridgehead atoms. The van der Waals surface area contributed by atoms with Gasteiger partial charge < -0.3 is 9.13 Å². The van der Waals surface area contributed by atoms with Crippen molar-refractivity contribution in [2.75, 3.05) is 5.90 Å². The summed E-state index contributed by atoms with van der Waals surface area (Å²) in [6.07, 6.45) is 0. The van der Waals surface area contributed by atoms with Crippen molar-refractivity contribution in [3.05, 3.63) is 0 Å². The molecule has 0 spiro atoms.